The summed E-state index contributed by atoms with van der Waals surface area (Å²) >= 11 is 0. The number of hydrogen-bond acceptors (Lipinski definition) is 5. The van der Waals surface area contributed by atoms with Crippen LogP contribution in [-0.2, 0) is 0 Å². The van der Waals surface area contributed by atoms with Crippen LogP contribution in [0.5, 0.6) is 11.5 Å². The third kappa shape index (κ3) is 3.91. The Kier molecular flexibility index (Phi) is 5.08. The van der Waals surface area contributed by atoms with Gasteiger partial charge in [-0.3, -0.25) is 0 Å². The Morgan fingerprint density at radius 1 is 1.04 bits per heavy atom. The van der Waals surface area contributed by atoms with Crippen molar-refractivity contribution in [1.82, 2.24) is 4.98 Å². The zero-order chi connectivity index (χ0) is 16.9. The smallest absolute Gasteiger partial charge is 0.128 e. The summed E-state index contributed by atoms with van der Waals surface area (Å²) in [6.07, 6.45) is 2.16. The van der Waals surface area contributed by atoms with E-state index in [4.69, 9.17) is 9.47 Å². The zero-order valence-electron chi connectivity index (χ0n) is 14.6. The predicted octanol–water partition coefficient (Wildman–Crippen LogP) is 3.49. The molecule has 0 radical (unpaired) electrons. The Bertz CT molecular complexity index is 660. The van der Waals surface area contributed by atoms with Gasteiger partial charge in [-0.15, -0.1) is 0 Å². The number of nitrogens with zero attached hydrogens (tertiary/aromatic N) is 2. The van der Waals surface area contributed by atoms with Gasteiger partial charge in [-0.05, 0) is 31.9 Å². The molecule has 0 atom stereocenters. The van der Waals surface area contributed by atoms with Gasteiger partial charge >= 0.3 is 0 Å². The second kappa shape index (κ2) is 7.43. The third-order valence-electron chi connectivity index (χ3n) is 4.41. The quantitative estimate of drug-likeness (QED) is 0.911. The fourth-order valence-electron chi connectivity index (χ4n) is 3.08. The first-order valence-corrected chi connectivity index (χ1v) is 8.36. The molecule has 1 saturated heterocycles. The monoisotopic (exact) mass is 327 g/mol. The Balaban J connectivity index is 1.61. The number of nitrogens with one attached hydrogen (secondary N) is 1. The van der Waals surface area contributed by atoms with Crippen LogP contribution in [0.4, 0.5) is 11.5 Å². The Labute approximate surface area is 143 Å². The van der Waals surface area contributed by atoms with E-state index >= 15 is 0 Å². The molecule has 0 aliphatic carbocycles. The molecule has 1 aliphatic heterocycles. The van der Waals surface area contributed by atoms with E-state index in [0.717, 1.165) is 54.6 Å². The number of aromatic nitrogens is 1. The molecule has 0 unspecified atom stereocenters. The lowest BCUT2D eigenvalue weighted by Gasteiger charge is -2.33. The highest BCUT2D eigenvalue weighted by atomic mass is 16.5. The Morgan fingerprint density at radius 3 is 2.29 bits per heavy atom. The minimum atomic E-state index is 0.447. The maximum atomic E-state index is 5.34. The van der Waals surface area contributed by atoms with Crippen LogP contribution in [-0.4, -0.2) is 38.3 Å². The summed E-state index contributed by atoms with van der Waals surface area (Å²) < 4.78 is 10.7. The molecule has 0 spiro atoms. The van der Waals surface area contributed by atoms with Crippen molar-refractivity contribution in [3.8, 4) is 11.5 Å². The van der Waals surface area contributed by atoms with Gasteiger partial charge in [0.15, 0.2) is 0 Å². The molecule has 2 aromatic rings. The average molecular weight is 327 g/mol. The summed E-state index contributed by atoms with van der Waals surface area (Å²) in [5.41, 5.74) is 2.11. The van der Waals surface area contributed by atoms with E-state index in [1.165, 1.54) is 0 Å². The molecule has 5 nitrogen and oxygen atoms in total. The van der Waals surface area contributed by atoms with Crippen molar-refractivity contribution in [3.63, 3.8) is 0 Å². The molecule has 0 amide bonds. The molecule has 1 aromatic carbocycles. The van der Waals surface area contributed by atoms with Crippen molar-refractivity contribution < 1.29 is 9.47 Å². The summed E-state index contributed by atoms with van der Waals surface area (Å²) in [6, 6.07) is 12.6. The van der Waals surface area contributed by atoms with Gasteiger partial charge in [-0.25, -0.2) is 4.98 Å². The van der Waals surface area contributed by atoms with Crippen molar-refractivity contribution in [1.29, 1.82) is 0 Å². The fourth-order valence-corrected chi connectivity index (χ4v) is 3.08. The summed E-state index contributed by atoms with van der Waals surface area (Å²) in [7, 11) is 3.35. The van der Waals surface area contributed by atoms with Gasteiger partial charge in [0.25, 0.3) is 0 Å². The predicted molar refractivity (Wildman–Crippen MR) is 97.4 cm³/mol. The minimum absolute atomic E-state index is 0.447. The van der Waals surface area contributed by atoms with Crippen molar-refractivity contribution in [2.24, 2.45) is 0 Å². The largest absolute Gasteiger partial charge is 0.497 e. The lowest BCUT2D eigenvalue weighted by atomic mass is 10.0. The number of aryl methyl sites for hydroxylation is 1. The standard InChI is InChI=1S/C19H25N3O2/c1-14-5-4-6-19(20-14)22-9-7-15(8-10-22)21-16-11-17(23-2)13-18(12-16)24-3/h4-6,11-13,15,21H,7-10H2,1-3H3. The second-order valence-corrected chi connectivity index (χ2v) is 6.14. The number of methoxy groups -OCH3 is 2. The highest BCUT2D eigenvalue weighted by molar-refractivity contribution is 5.54. The first-order valence-electron chi connectivity index (χ1n) is 8.36. The van der Waals surface area contributed by atoms with Crippen LogP contribution in [0.2, 0.25) is 0 Å². The van der Waals surface area contributed by atoms with E-state index in [2.05, 4.69) is 27.3 Å². The molecule has 1 fully saturated rings. The highest BCUT2D eigenvalue weighted by Gasteiger charge is 2.20. The number of anilines is 2. The molecule has 2 heterocycles. The molecule has 1 aliphatic rings. The number of hydrogen-bond donors (Lipinski definition) is 1. The SMILES string of the molecule is COc1cc(NC2CCN(c3cccc(C)n3)CC2)cc(OC)c1. The Morgan fingerprint density at radius 2 is 1.71 bits per heavy atom. The van der Waals surface area contributed by atoms with Crippen molar-refractivity contribution in [2.75, 3.05) is 37.5 Å². The van der Waals surface area contributed by atoms with E-state index in [-0.39, 0.29) is 0 Å². The molecular weight excluding hydrogens is 302 g/mol. The van der Waals surface area contributed by atoms with Crippen LogP contribution in [0.25, 0.3) is 0 Å². The van der Waals surface area contributed by atoms with Gasteiger partial charge in [0.05, 0.1) is 14.2 Å². The maximum absolute atomic E-state index is 5.34. The summed E-state index contributed by atoms with van der Waals surface area (Å²) in [5, 5.41) is 3.61. The summed E-state index contributed by atoms with van der Waals surface area (Å²) in [4.78, 5) is 6.98. The van der Waals surface area contributed by atoms with Gasteiger partial charge in [0.1, 0.15) is 17.3 Å². The molecule has 1 N–H and O–H groups in total. The van der Waals surface area contributed by atoms with Crippen molar-refractivity contribution in [3.05, 3.63) is 42.1 Å². The maximum Gasteiger partial charge on any atom is 0.128 e. The molecule has 0 saturated carbocycles. The van der Waals surface area contributed by atoms with Crippen LogP contribution in [0.15, 0.2) is 36.4 Å². The van der Waals surface area contributed by atoms with E-state index < -0.39 is 0 Å². The molecule has 0 bridgehead atoms. The lowest BCUT2D eigenvalue weighted by Crippen LogP contribution is -2.39. The second-order valence-electron chi connectivity index (χ2n) is 6.14. The topological polar surface area (TPSA) is 46.6 Å². The van der Waals surface area contributed by atoms with Crippen LogP contribution in [0, 0.1) is 6.92 Å². The highest BCUT2D eigenvalue weighted by Crippen LogP contribution is 2.28. The van der Waals surface area contributed by atoms with Crippen molar-refractivity contribution >= 4 is 11.5 Å². The molecule has 128 valence electrons. The van der Waals surface area contributed by atoms with E-state index in [9.17, 15) is 0 Å². The number of pyridine rings is 1. The number of ether oxygens (including phenoxy) is 2. The van der Waals surface area contributed by atoms with E-state index in [1.807, 2.05) is 31.2 Å². The molecule has 3 rings (SSSR count). The lowest BCUT2D eigenvalue weighted by molar-refractivity contribution is 0.394. The third-order valence-corrected chi connectivity index (χ3v) is 4.41. The van der Waals surface area contributed by atoms with Gasteiger partial charge in [-0.2, -0.15) is 0 Å². The van der Waals surface area contributed by atoms with Crippen LogP contribution >= 0.6 is 0 Å². The van der Waals surface area contributed by atoms with Gasteiger partial charge in [0.2, 0.25) is 0 Å². The fraction of sp³-hybridized carbons (Fsp3) is 0.421. The van der Waals surface area contributed by atoms with Gasteiger partial charge in [0, 0.05) is 48.7 Å². The first-order chi connectivity index (χ1) is 11.7. The normalized spacial score (nSPS) is 15.2. The summed E-state index contributed by atoms with van der Waals surface area (Å²) in [5.74, 6) is 2.69. The van der Waals surface area contributed by atoms with Gasteiger partial charge < -0.3 is 19.7 Å². The van der Waals surface area contributed by atoms with Crippen LogP contribution in [0.3, 0.4) is 0 Å². The van der Waals surface area contributed by atoms with Gasteiger partial charge in [-0.1, -0.05) is 6.07 Å². The summed E-state index contributed by atoms with van der Waals surface area (Å²) in [6.45, 7) is 4.05. The zero-order valence-corrected chi connectivity index (χ0v) is 14.6. The molecular formula is C19H25N3O2. The average Bonchev–Trinajstić information content (AvgIpc) is 2.62. The molecule has 5 heteroatoms. The van der Waals surface area contributed by atoms with E-state index in [0.29, 0.717) is 6.04 Å². The molecule has 1 aromatic heterocycles. The molecule has 24 heavy (non-hydrogen) atoms. The Hall–Kier alpha value is -2.43. The number of piperidine rings is 1. The van der Waals surface area contributed by atoms with Crippen LogP contribution < -0.4 is 19.7 Å². The number of rotatable bonds is 5. The number of benzene rings is 1. The minimum Gasteiger partial charge on any atom is -0.497 e. The first kappa shape index (κ1) is 16.4. The van der Waals surface area contributed by atoms with Crippen LogP contribution in [0.1, 0.15) is 18.5 Å². The van der Waals surface area contributed by atoms with E-state index in [1.54, 1.807) is 14.2 Å². The van der Waals surface area contributed by atoms with Crippen molar-refractivity contribution in [2.45, 2.75) is 25.8 Å².